The molecule has 0 aliphatic rings. The van der Waals surface area contributed by atoms with E-state index in [2.05, 4.69) is 182 Å². The van der Waals surface area contributed by atoms with Gasteiger partial charge in [-0.05, 0) is 119 Å². The van der Waals surface area contributed by atoms with Crippen molar-refractivity contribution in [3.05, 3.63) is 194 Å². The molecule has 2 aromatic heterocycles. The molecular formula is C56H32O2. The predicted molar refractivity (Wildman–Crippen MR) is 244 cm³/mol. The fourth-order valence-electron chi connectivity index (χ4n) is 9.68. The van der Waals surface area contributed by atoms with Crippen LogP contribution in [0.4, 0.5) is 0 Å². The minimum atomic E-state index is 0.896. The summed E-state index contributed by atoms with van der Waals surface area (Å²) in [6.45, 7) is 0. The maximum atomic E-state index is 6.69. The first-order valence-corrected chi connectivity index (χ1v) is 19.9. The molecule has 0 unspecified atom stereocenters. The lowest BCUT2D eigenvalue weighted by atomic mass is 9.84. The van der Waals surface area contributed by atoms with E-state index in [4.69, 9.17) is 8.83 Å². The Labute approximate surface area is 333 Å². The van der Waals surface area contributed by atoms with Crippen LogP contribution in [-0.2, 0) is 0 Å². The molecule has 2 heterocycles. The van der Waals surface area contributed by atoms with E-state index in [0.29, 0.717) is 0 Å². The third-order valence-electron chi connectivity index (χ3n) is 12.4. The Kier molecular flexibility index (Phi) is 6.47. The van der Waals surface area contributed by atoms with E-state index in [1.807, 2.05) is 12.1 Å². The summed E-state index contributed by atoms with van der Waals surface area (Å²) in [5.41, 5.74) is 12.9. The first-order chi connectivity index (χ1) is 28.7. The standard InChI is InChI=1S/C56H32O2/c1-2-10-33(11-3-1)34-20-21-36-29-37(23-22-35(36)28-34)40-30-38-24-26-43-49(47-16-8-14-45-41-12-4-6-18-51(41)57-55(45)47)32-50(44-27-25-39(31-40)53(38)54(43)44)48-17-9-15-46-42-13-5-7-19-52(42)58-56(46)48/h1-32H. The molecule has 11 aromatic carbocycles. The van der Waals surface area contributed by atoms with E-state index in [1.54, 1.807) is 0 Å². The lowest BCUT2D eigenvalue weighted by Crippen LogP contribution is -1.92. The number of para-hydroxylation sites is 4. The number of hydrogen-bond acceptors (Lipinski definition) is 2. The summed E-state index contributed by atoms with van der Waals surface area (Å²) in [7, 11) is 0. The molecule has 0 aliphatic carbocycles. The first kappa shape index (κ1) is 31.5. The maximum Gasteiger partial charge on any atom is 0.143 e. The highest BCUT2D eigenvalue weighted by Crippen LogP contribution is 2.48. The highest BCUT2D eigenvalue weighted by molar-refractivity contribution is 6.30. The summed E-state index contributed by atoms with van der Waals surface area (Å²) >= 11 is 0. The summed E-state index contributed by atoms with van der Waals surface area (Å²) in [6.07, 6.45) is 0. The maximum absolute atomic E-state index is 6.69. The van der Waals surface area contributed by atoms with E-state index in [-0.39, 0.29) is 0 Å². The highest BCUT2D eigenvalue weighted by Gasteiger charge is 2.22. The van der Waals surface area contributed by atoms with Crippen LogP contribution in [0, 0.1) is 0 Å². The van der Waals surface area contributed by atoms with Gasteiger partial charge in [0.15, 0.2) is 0 Å². The number of hydrogen-bond donors (Lipinski definition) is 0. The van der Waals surface area contributed by atoms with Crippen molar-refractivity contribution in [1.82, 2.24) is 0 Å². The van der Waals surface area contributed by atoms with Gasteiger partial charge in [0.05, 0.1) is 0 Å². The molecule has 0 fully saturated rings. The second-order valence-electron chi connectivity index (χ2n) is 15.6. The van der Waals surface area contributed by atoms with Crippen molar-refractivity contribution in [3.63, 3.8) is 0 Å². The van der Waals surface area contributed by atoms with Gasteiger partial charge in [0.25, 0.3) is 0 Å². The molecule has 0 spiro atoms. The van der Waals surface area contributed by atoms with Gasteiger partial charge in [0.1, 0.15) is 22.3 Å². The molecule has 2 heteroatoms. The van der Waals surface area contributed by atoms with Gasteiger partial charge in [-0.25, -0.2) is 0 Å². The number of rotatable bonds is 4. The Hall–Kier alpha value is -7.68. The zero-order valence-corrected chi connectivity index (χ0v) is 31.3. The molecule has 0 N–H and O–H groups in total. The van der Waals surface area contributed by atoms with Crippen LogP contribution in [0.25, 0.3) is 131 Å². The molecule has 0 saturated carbocycles. The molecule has 0 aliphatic heterocycles. The molecule has 0 saturated heterocycles. The van der Waals surface area contributed by atoms with Crippen LogP contribution in [0.15, 0.2) is 203 Å². The van der Waals surface area contributed by atoms with Crippen molar-refractivity contribution in [1.29, 1.82) is 0 Å². The number of fused-ring (bicyclic) bond motifs is 7. The predicted octanol–water partition coefficient (Wildman–Crippen LogP) is 16.2. The Bertz CT molecular complexity index is 3610. The fourth-order valence-corrected chi connectivity index (χ4v) is 9.68. The van der Waals surface area contributed by atoms with Gasteiger partial charge in [0, 0.05) is 32.7 Å². The van der Waals surface area contributed by atoms with E-state index >= 15 is 0 Å². The molecule has 13 rings (SSSR count). The van der Waals surface area contributed by atoms with E-state index < -0.39 is 0 Å². The van der Waals surface area contributed by atoms with Gasteiger partial charge >= 0.3 is 0 Å². The lowest BCUT2D eigenvalue weighted by molar-refractivity contribution is 0.670. The Morgan fingerprint density at radius 2 is 0.707 bits per heavy atom. The second-order valence-corrected chi connectivity index (χ2v) is 15.6. The fraction of sp³-hybridized carbons (Fsp3) is 0. The van der Waals surface area contributed by atoms with Crippen molar-refractivity contribution in [2.45, 2.75) is 0 Å². The van der Waals surface area contributed by atoms with E-state index in [1.165, 1.54) is 65.3 Å². The Balaban J connectivity index is 1.07. The SMILES string of the molecule is c1ccc(-c2ccc3cc(-c4cc5ccc6c(-c7cccc8c7oc7ccccc78)cc(-c7cccc8c7oc7ccccc78)c7ccc(c4)c5c67)ccc3c2)cc1. The zero-order valence-electron chi connectivity index (χ0n) is 31.3. The van der Waals surface area contributed by atoms with E-state index in [0.717, 1.165) is 66.1 Å². The van der Waals surface area contributed by atoms with Crippen molar-refractivity contribution in [2.24, 2.45) is 0 Å². The average molecular weight is 737 g/mol. The minimum absolute atomic E-state index is 0.896. The van der Waals surface area contributed by atoms with Crippen LogP contribution >= 0.6 is 0 Å². The molecule has 0 radical (unpaired) electrons. The topological polar surface area (TPSA) is 26.3 Å². The molecule has 0 atom stereocenters. The molecular weight excluding hydrogens is 705 g/mol. The molecule has 58 heavy (non-hydrogen) atoms. The summed E-state index contributed by atoms with van der Waals surface area (Å²) < 4.78 is 13.4. The van der Waals surface area contributed by atoms with Gasteiger partial charge in [-0.1, -0.05) is 152 Å². The van der Waals surface area contributed by atoms with Crippen LogP contribution < -0.4 is 0 Å². The van der Waals surface area contributed by atoms with E-state index in [9.17, 15) is 0 Å². The lowest BCUT2D eigenvalue weighted by Gasteiger charge is -2.19. The molecule has 268 valence electrons. The smallest absolute Gasteiger partial charge is 0.143 e. The normalized spacial score (nSPS) is 12.1. The Morgan fingerprint density at radius 3 is 1.28 bits per heavy atom. The highest BCUT2D eigenvalue weighted by atomic mass is 16.3. The van der Waals surface area contributed by atoms with Gasteiger partial charge in [-0.15, -0.1) is 0 Å². The van der Waals surface area contributed by atoms with Crippen LogP contribution in [0.1, 0.15) is 0 Å². The third-order valence-corrected chi connectivity index (χ3v) is 12.4. The quantitative estimate of drug-likeness (QED) is 0.168. The number of furan rings is 2. The minimum Gasteiger partial charge on any atom is -0.455 e. The van der Waals surface area contributed by atoms with Crippen LogP contribution in [0.5, 0.6) is 0 Å². The zero-order chi connectivity index (χ0) is 37.9. The third kappa shape index (κ3) is 4.54. The van der Waals surface area contributed by atoms with Crippen LogP contribution in [0.2, 0.25) is 0 Å². The number of benzene rings is 11. The molecule has 13 aromatic rings. The van der Waals surface area contributed by atoms with Crippen LogP contribution in [0.3, 0.4) is 0 Å². The van der Waals surface area contributed by atoms with Crippen molar-refractivity contribution >= 4 is 87.0 Å². The molecule has 0 amide bonds. The van der Waals surface area contributed by atoms with Gasteiger partial charge < -0.3 is 8.83 Å². The Morgan fingerprint density at radius 1 is 0.241 bits per heavy atom. The van der Waals surface area contributed by atoms with Crippen molar-refractivity contribution < 1.29 is 8.83 Å². The molecule has 0 bridgehead atoms. The van der Waals surface area contributed by atoms with Crippen molar-refractivity contribution in [3.8, 4) is 44.5 Å². The van der Waals surface area contributed by atoms with Crippen LogP contribution in [-0.4, -0.2) is 0 Å². The van der Waals surface area contributed by atoms with Gasteiger partial charge in [0.2, 0.25) is 0 Å². The van der Waals surface area contributed by atoms with Gasteiger partial charge in [-0.3, -0.25) is 0 Å². The second kappa shape index (κ2) is 11.9. The monoisotopic (exact) mass is 736 g/mol. The summed E-state index contributed by atoms with van der Waals surface area (Å²) in [5, 5.41) is 14.3. The average Bonchev–Trinajstić information content (AvgIpc) is 3.87. The summed E-state index contributed by atoms with van der Waals surface area (Å²) in [5.74, 6) is 0. The van der Waals surface area contributed by atoms with Gasteiger partial charge in [-0.2, -0.15) is 0 Å². The summed E-state index contributed by atoms with van der Waals surface area (Å²) in [4.78, 5) is 0. The molecule has 2 nitrogen and oxygen atoms in total. The van der Waals surface area contributed by atoms with Crippen molar-refractivity contribution in [2.75, 3.05) is 0 Å². The first-order valence-electron chi connectivity index (χ1n) is 19.9. The summed E-state index contributed by atoms with van der Waals surface area (Å²) in [6, 6.07) is 70.4. The largest absolute Gasteiger partial charge is 0.455 e.